The van der Waals surface area contributed by atoms with Gasteiger partial charge in [-0.2, -0.15) is 15.3 Å². The van der Waals surface area contributed by atoms with Gasteiger partial charge in [-0.25, -0.2) is 0 Å². The summed E-state index contributed by atoms with van der Waals surface area (Å²) >= 11 is 0. The molecule has 0 radical (unpaired) electrons. The lowest BCUT2D eigenvalue weighted by atomic mass is 10.1. The largest absolute Gasteiger partial charge is 0.507 e. The molecule has 0 saturated carbocycles. The summed E-state index contributed by atoms with van der Waals surface area (Å²) < 4.78 is 0. The van der Waals surface area contributed by atoms with Gasteiger partial charge in [0, 0.05) is 17.2 Å². The van der Waals surface area contributed by atoms with Crippen LogP contribution in [0.1, 0.15) is 5.56 Å². The number of fused-ring (bicyclic) bond motifs is 1. The van der Waals surface area contributed by atoms with Crippen molar-refractivity contribution < 1.29 is 5.11 Å². The Labute approximate surface area is 202 Å². The molecule has 0 aromatic heterocycles. The van der Waals surface area contributed by atoms with Gasteiger partial charge in [0.15, 0.2) is 0 Å². The summed E-state index contributed by atoms with van der Waals surface area (Å²) in [7, 11) is 0. The molecule has 5 rings (SSSR count). The van der Waals surface area contributed by atoms with Crippen LogP contribution in [0.4, 0.5) is 28.4 Å². The van der Waals surface area contributed by atoms with Crippen molar-refractivity contribution in [1.82, 2.24) is 0 Å². The van der Waals surface area contributed by atoms with Crippen molar-refractivity contribution in [2.75, 3.05) is 0 Å². The Hall–Kier alpha value is -4.97. The van der Waals surface area contributed by atoms with Crippen molar-refractivity contribution in [3.63, 3.8) is 0 Å². The number of azo groups is 2. The van der Waals surface area contributed by atoms with Gasteiger partial charge < -0.3 is 5.11 Å². The monoisotopic (exact) mass is 455 g/mol. The second-order valence-electron chi connectivity index (χ2n) is 7.75. The van der Waals surface area contributed by atoms with Crippen LogP contribution in [0.25, 0.3) is 10.8 Å². The molecule has 5 aromatic rings. The van der Waals surface area contributed by atoms with Gasteiger partial charge in [-0.3, -0.25) is 4.99 Å². The molecule has 0 amide bonds. The maximum atomic E-state index is 10.3. The standard InChI is InChI=1S/C29H21N5O/c35-29-18-17-26(33-34-28-12-6-8-21-7-4-5-11-27(21)28)19-22(29)20-30-23-13-15-25(16-14-23)32-31-24-9-2-1-3-10-24/h1-20,35H. The average molecular weight is 456 g/mol. The van der Waals surface area contributed by atoms with Crippen molar-refractivity contribution in [3.05, 3.63) is 121 Å². The highest BCUT2D eigenvalue weighted by Gasteiger charge is 2.02. The Morgan fingerprint density at radius 2 is 1.14 bits per heavy atom. The Morgan fingerprint density at radius 3 is 1.97 bits per heavy atom. The zero-order valence-corrected chi connectivity index (χ0v) is 18.7. The van der Waals surface area contributed by atoms with Gasteiger partial charge in [0.25, 0.3) is 0 Å². The second kappa shape index (κ2) is 10.3. The quantitative estimate of drug-likeness (QED) is 0.201. The molecule has 0 bridgehead atoms. The van der Waals surface area contributed by atoms with Gasteiger partial charge in [0.05, 0.1) is 28.4 Å². The number of nitrogens with zero attached hydrogens (tertiary/aromatic N) is 5. The smallest absolute Gasteiger partial charge is 0.124 e. The van der Waals surface area contributed by atoms with Gasteiger partial charge in [-0.15, -0.1) is 5.11 Å². The number of hydrogen-bond acceptors (Lipinski definition) is 6. The van der Waals surface area contributed by atoms with E-state index in [1.165, 1.54) is 0 Å². The molecule has 5 aromatic carbocycles. The molecule has 35 heavy (non-hydrogen) atoms. The first-order valence-corrected chi connectivity index (χ1v) is 11.1. The summed E-state index contributed by atoms with van der Waals surface area (Å²) in [5.41, 5.74) is 4.21. The number of phenolic OH excluding ortho intramolecular Hbond substituents is 1. The molecule has 6 nitrogen and oxygen atoms in total. The Kier molecular flexibility index (Phi) is 6.44. The fourth-order valence-electron chi connectivity index (χ4n) is 3.47. The van der Waals surface area contributed by atoms with Crippen LogP contribution in [-0.4, -0.2) is 11.3 Å². The van der Waals surface area contributed by atoms with Gasteiger partial charge in [0.1, 0.15) is 5.75 Å². The van der Waals surface area contributed by atoms with E-state index in [2.05, 4.69) is 25.4 Å². The van der Waals surface area contributed by atoms with Crippen LogP contribution in [0.2, 0.25) is 0 Å². The maximum absolute atomic E-state index is 10.3. The normalized spacial score (nSPS) is 11.8. The highest BCUT2D eigenvalue weighted by Crippen LogP contribution is 2.29. The predicted octanol–water partition coefficient (Wildman–Crippen LogP) is 9.13. The summed E-state index contributed by atoms with van der Waals surface area (Å²) in [6.07, 6.45) is 1.60. The van der Waals surface area contributed by atoms with E-state index in [1.807, 2.05) is 97.1 Å². The molecule has 0 aliphatic heterocycles. The lowest BCUT2D eigenvalue weighted by Crippen LogP contribution is -1.82. The molecule has 0 heterocycles. The number of aromatic hydroxyl groups is 1. The number of phenols is 1. The summed E-state index contributed by atoms with van der Waals surface area (Å²) in [4.78, 5) is 4.47. The first-order valence-electron chi connectivity index (χ1n) is 11.1. The van der Waals surface area contributed by atoms with Crippen molar-refractivity contribution >= 4 is 45.4 Å². The number of benzene rings is 5. The third kappa shape index (κ3) is 5.51. The van der Waals surface area contributed by atoms with E-state index in [4.69, 9.17) is 0 Å². The summed E-state index contributed by atoms with van der Waals surface area (Å²) in [6, 6.07) is 36.0. The van der Waals surface area contributed by atoms with Crippen LogP contribution in [-0.2, 0) is 0 Å². The molecule has 168 valence electrons. The van der Waals surface area contributed by atoms with E-state index in [0.29, 0.717) is 11.3 Å². The van der Waals surface area contributed by atoms with Crippen molar-refractivity contribution in [2.24, 2.45) is 25.4 Å². The van der Waals surface area contributed by atoms with Crippen LogP contribution in [0.15, 0.2) is 141 Å². The molecule has 6 heteroatoms. The SMILES string of the molecule is Oc1ccc(N=Nc2cccc3ccccc23)cc1C=Nc1ccc(N=Nc2ccccc2)cc1. The summed E-state index contributed by atoms with van der Waals surface area (Å²) in [6.45, 7) is 0. The van der Waals surface area contributed by atoms with E-state index in [1.54, 1.807) is 24.4 Å². The Bertz CT molecular complexity index is 1540. The van der Waals surface area contributed by atoms with Gasteiger partial charge in [-0.1, -0.05) is 54.6 Å². The van der Waals surface area contributed by atoms with E-state index >= 15 is 0 Å². The molecule has 1 N–H and O–H groups in total. The average Bonchev–Trinajstić information content (AvgIpc) is 2.92. The van der Waals surface area contributed by atoms with Crippen molar-refractivity contribution in [1.29, 1.82) is 0 Å². The van der Waals surface area contributed by atoms with Gasteiger partial charge in [0.2, 0.25) is 0 Å². The third-order valence-corrected chi connectivity index (χ3v) is 5.29. The molecule has 0 atom stereocenters. The van der Waals surface area contributed by atoms with E-state index in [9.17, 15) is 5.11 Å². The fraction of sp³-hybridized carbons (Fsp3) is 0. The van der Waals surface area contributed by atoms with E-state index in [-0.39, 0.29) is 5.75 Å². The number of rotatable bonds is 6. The third-order valence-electron chi connectivity index (χ3n) is 5.29. The second-order valence-corrected chi connectivity index (χ2v) is 7.75. The molecule has 0 spiro atoms. The summed E-state index contributed by atoms with van der Waals surface area (Å²) in [5.74, 6) is 0.117. The zero-order chi connectivity index (χ0) is 23.9. The molecule has 0 aliphatic rings. The molecular weight excluding hydrogens is 434 g/mol. The minimum atomic E-state index is 0.117. The number of aliphatic imine (C=N–C) groups is 1. The molecule has 0 aliphatic carbocycles. The fourth-order valence-corrected chi connectivity index (χ4v) is 3.47. The highest BCUT2D eigenvalue weighted by molar-refractivity contribution is 5.92. The first kappa shape index (κ1) is 21.9. The van der Waals surface area contributed by atoms with Crippen LogP contribution >= 0.6 is 0 Å². The first-order chi connectivity index (χ1) is 17.2. The van der Waals surface area contributed by atoms with Crippen LogP contribution in [0.3, 0.4) is 0 Å². The predicted molar refractivity (Wildman–Crippen MR) is 141 cm³/mol. The Morgan fingerprint density at radius 1 is 0.514 bits per heavy atom. The zero-order valence-electron chi connectivity index (χ0n) is 18.7. The van der Waals surface area contributed by atoms with Crippen LogP contribution < -0.4 is 0 Å². The molecule has 0 unspecified atom stereocenters. The number of hydrogen-bond donors (Lipinski definition) is 1. The van der Waals surface area contributed by atoms with Gasteiger partial charge in [-0.05, 0) is 66.0 Å². The molecular formula is C29H21N5O. The van der Waals surface area contributed by atoms with Crippen LogP contribution in [0.5, 0.6) is 5.75 Å². The topological polar surface area (TPSA) is 82.0 Å². The van der Waals surface area contributed by atoms with Crippen LogP contribution in [0, 0.1) is 0 Å². The summed E-state index contributed by atoms with van der Waals surface area (Å²) in [5, 5.41) is 29.7. The maximum Gasteiger partial charge on any atom is 0.124 e. The minimum absolute atomic E-state index is 0.117. The molecule has 0 fully saturated rings. The minimum Gasteiger partial charge on any atom is -0.507 e. The van der Waals surface area contributed by atoms with E-state index in [0.717, 1.165) is 33.5 Å². The lowest BCUT2D eigenvalue weighted by Gasteiger charge is -2.02. The van der Waals surface area contributed by atoms with Gasteiger partial charge >= 0.3 is 0 Å². The highest BCUT2D eigenvalue weighted by atomic mass is 16.3. The lowest BCUT2D eigenvalue weighted by molar-refractivity contribution is 0.474. The Balaban J connectivity index is 1.31. The van der Waals surface area contributed by atoms with Crippen molar-refractivity contribution in [3.8, 4) is 5.75 Å². The van der Waals surface area contributed by atoms with Crippen molar-refractivity contribution in [2.45, 2.75) is 0 Å². The van der Waals surface area contributed by atoms with E-state index < -0.39 is 0 Å². The molecule has 0 saturated heterocycles.